The Morgan fingerprint density at radius 1 is 1.52 bits per heavy atom. The molecule has 2 N–H and O–H groups in total. The van der Waals surface area contributed by atoms with Crippen molar-refractivity contribution in [2.75, 3.05) is 12.0 Å². The summed E-state index contributed by atoms with van der Waals surface area (Å²) in [5.74, 6) is -0.828. The highest BCUT2D eigenvalue weighted by molar-refractivity contribution is 7.98. The average Bonchev–Trinajstić information content (AvgIpc) is 2.88. The zero-order valence-corrected chi connectivity index (χ0v) is 12.7. The Hall–Kier alpha value is -2.02. The third-order valence-electron chi connectivity index (χ3n) is 3.12. The summed E-state index contributed by atoms with van der Waals surface area (Å²) in [6.45, 7) is 1.91. The average molecular weight is 307 g/mol. The van der Waals surface area contributed by atoms with E-state index >= 15 is 0 Å². The van der Waals surface area contributed by atoms with Gasteiger partial charge in [-0.15, -0.1) is 0 Å². The summed E-state index contributed by atoms with van der Waals surface area (Å²) in [6.07, 6.45) is 5.68. The Labute approximate surface area is 126 Å². The molecule has 6 nitrogen and oxygen atoms in total. The van der Waals surface area contributed by atoms with Crippen LogP contribution in [0.4, 0.5) is 0 Å². The van der Waals surface area contributed by atoms with E-state index < -0.39 is 17.9 Å². The van der Waals surface area contributed by atoms with Gasteiger partial charge < -0.3 is 14.8 Å². The molecule has 0 bridgehead atoms. The van der Waals surface area contributed by atoms with Gasteiger partial charge in [0.15, 0.2) is 0 Å². The smallest absolute Gasteiger partial charge is 0.326 e. The van der Waals surface area contributed by atoms with Gasteiger partial charge in [0.2, 0.25) is 0 Å². The molecule has 2 rings (SSSR count). The van der Waals surface area contributed by atoms with E-state index in [9.17, 15) is 9.59 Å². The van der Waals surface area contributed by atoms with Gasteiger partial charge in [-0.05, 0) is 37.0 Å². The van der Waals surface area contributed by atoms with E-state index in [1.807, 2.05) is 25.3 Å². The number of hydrogen-bond acceptors (Lipinski definition) is 4. The number of nitrogens with one attached hydrogen (secondary N) is 1. The van der Waals surface area contributed by atoms with Gasteiger partial charge in [0.25, 0.3) is 5.91 Å². The molecule has 1 amide bonds. The molecule has 112 valence electrons. The van der Waals surface area contributed by atoms with E-state index in [1.165, 1.54) is 0 Å². The second-order valence-corrected chi connectivity index (χ2v) is 5.68. The molecule has 2 heterocycles. The fourth-order valence-electron chi connectivity index (χ4n) is 1.99. The molecule has 2 aromatic heterocycles. The van der Waals surface area contributed by atoms with Crippen LogP contribution < -0.4 is 5.32 Å². The molecular formula is C14H17N3O3S. The topological polar surface area (TPSA) is 83.7 Å². The molecule has 0 aliphatic rings. The Bertz CT molecular complexity index is 669. The monoisotopic (exact) mass is 307 g/mol. The molecule has 1 atom stereocenters. The van der Waals surface area contributed by atoms with E-state index in [0.717, 1.165) is 5.56 Å². The van der Waals surface area contributed by atoms with E-state index in [4.69, 9.17) is 5.11 Å². The fraction of sp³-hybridized carbons (Fsp3) is 0.357. The maximum atomic E-state index is 12.1. The molecule has 0 aliphatic carbocycles. The van der Waals surface area contributed by atoms with Crippen LogP contribution in [0, 0.1) is 6.92 Å². The van der Waals surface area contributed by atoms with E-state index in [-0.39, 0.29) is 5.69 Å². The van der Waals surface area contributed by atoms with Crippen molar-refractivity contribution in [2.24, 2.45) is 0 Å². The summed E-state index contributed by atoms with van der Waals surface area (Å²) in [5.41, 5.74) is 1.87. The number of nitrogens with zero attached hydrogens (tertiary/aromatic N) is 2. The number of carboxylic acids is 1. The summed E-state index contributed by atoms with van der Waals surface area (Å²) in [7, 11) is 0. The first-order chi connectivity index (χ1) is 10.0. The highest BCUT2D eigenvalue weighted by Crippen LogP contribution is 2.10. The van der Waals surface area contributed by atoms with Crippen molar-refractivity contribution in [1.82, 2.24) is 14.7 Å². The summed E-state index contributed by atoms with van der Waals surface area (Å²) in [6, 6.07) is 2.88. The number of imidazole rings is 1. The number of thioether (sulfide) groups is 1. The predicted octanol–water partition coefficient (Wildman–Crippen LogP) is 1.58. The van der Waals surface area contributed by atoms with Crippen molar-refractivity contribution < 1.29 is 14.7 Å². The molecule has 2 aromatic rings. The van der Waals surface area contributed by atoms with Crippen LogP contribution in [0.15, 0.2) is 24.5 Å². The first-order valence-electron chi connectivity index (χ1n) is 6.50. The number of fused-ring (bicyclic) bond motifs is 1. The maximum absolute atomic E-state index is 12.1. The Morgan fingerprint density at radius 2 is 2.29 bits per heavy atom. The first kappa shape index (κ1) is 15.4. The number of hydrogen-bond donors (Lipinski definition) is 2. The molecule has 0 spiro atoms. The molecule has 0 saturated carbocycles. The molecule has 0 aliphatic heterocycles. The van der Waals surface area contributed by atoms with Crippen molar-refractivity contribution in [3.05, 3.63) is 35.8 Å². The molecule has 0 fully saturated rings. The van der Waals surface area contributed by atoms with Crippen LogP contribution in [0.25, 0.3) is 5.65 Å². The second kappa shape index (κ2) is 6.62. The molecular weight excluding hydrogens is 290 g/mol. The van der Waals surface area contributed by atoms with Crippen LogP contribution in [0.2, 0.25) is 0 Å². The number of aromatic nitrogens is 2. The van der Waals surface area contributed by atoms with Crippen molar-refractivity contribution >= 4 is 29.3 Å². The third kappa shape index (κ3) is 3.55. The quantitative estimate of drug-likeness (QED) is 0.846. The highest BCUT2D eigenvalue weighted by atomic mass is 32.2. The number of aliphatic carboxylic acids is 1. The minimum atomic E-state index is -1.03. The molecule has 0 saturated heterocycles. The van der Waals surface area contributed by atoms with E-state index in [2.05, 4.69) is 10.3 Å². The number of carbonyl (C=O) groups excluding carboxylic acids is 1. The largest absolute Gasteiger partial charge is 0.480 e. The van der Waals surface area contributed by atoms with E-state index in [0.29, 0.717) is 17.8 Å². The fourth-order valence-corrected chi connectivity index (χ4v) is 2.46. The van der Waals surface area contributed by atoms with Gasteiger partial charge >= 0.3 is 5.97 Å². The van der Waals surface area contributed by atoms with Crippen LogP contribution in [0.5, 0.6) is 0 Å². The molecule has 0 radical (unpaired) electrons. The lowest BCUT2D eigenvalue weighted by molar-refractivity contribution is -0.139. The molecule has 21 heavy (non-hydrogen) atoms. The van der Waals surface area contributed by atoms with Crippen molar-refractivity contribution in [3.63, 3.8) is 0 Å². The first-order valence-corrected chi connectivity index (χ1v) is 7.89. The van der Waals surface area contributed by atoms with Crippen LogP contribution >= 0.6 is 11.8 Å². The lowest BCUT2D eigenvalue weighted by Crippen LogP contribution is -2.41. The number of aryl methyl sites for hydroxylation is 1. The van der Waals surface area contributed by atoms with Crippen LogP contribution in [-0.4, -0.2) is 44.4 Å². The van der Waals surface area contributed by atoms with Gasteiger partial charge in [-0.3, -0.25) is 4.79 Å². The van der Waals surface area contributed by atoms with Gasteiger partial charge in [0.1, 0.15) is 17.4 Å². The zero-order valence-electron chi connectivity index (χ0n) is 11.9. The second-order valence-electron chi connectivity index (χ2n) is 4.69. The van der Waals surface area contributed by atoms with Gasteiger partial charge in [-0.1, -0.05) is 6.07 Å². The molecule has 0 aromatic carbocycles. The highest BCUT2D eigenvalue weighted by Gasteiger charge is 2.21. The summed E-state index contributed by atoms with van der Waals surface area (Å²) in [5, 5.41) is 11.7. The molecule has 0 unspecified atom stereocenters. The SMILES string of the molecule is CSCC[C@H](NC(=O)c1cn2cccc(C)c2n1)C(=O)O. The number of amides is 1. The van der Waals surface area contributed by atoms with E-state index in [1.54, 1.807) is 28.6 Å². The standard InChI is InChI=1S/C14H17N3O3S/c1-9-4-3-6-17-8-11(15-12(9)17)13(18)16-10(14(19)20)5-7-21-2/h3-4,6,8,10H,5,7H2,1-2H3,(H,16,18)(H,19,20)/t10-/m0/s1. The zero-order chi connectivity index (χ0) is 15.4. The predicted molar refractivity (Wildman–Crippen MR) is 81.8 cm³/mol. The van der Waals surface area contributed by atoms with Gasteiger partial charge in [0, 0.05) is 12.4 Å². The Kier molecular flexibility index (Phi) is 4.85. The summed E-state index contributed by atoms with van der Waals surface area (Å²) >= 11 is 1.54. The number of rotatable bonds is 6. The van der Waals surface area contributed by atoms with Crippen molar-refractivity contribution in [1.29, 1.82) is 0 Å². The van der Waals surface area contributed by atoms with Crippen LogP contribution in [0.3, 0.4) is 0 Å². The summed E-state index contributed by atoms with van der Waals surface area (Å²) in [4.78, 5) is 27.6. The number of pyridine rings is 1. The number of carbonyl (C=O) groups is 2. The van der Waals surface area contributed by atoms with Crippen molar-refractivity contribution in [2.45, 2.75) is 19.4 Å². The van der Waals surface area contributed by atoms with Crippen molar-refractivity contribution in [3.8, 4) is 0 Å². The van der Waals surface area contributed by atoms with Crippen LogP contribution in [-0.2, 0) is 4.79 Å². The van der Waals surface area contributed by atoms with Gasteiger partial charge in [-0.25, -0.2) is 9.78 Å². The van der Waals surface area contributed by atoms with Gasteiger partial charge in [-0.2, -0.15) is 11.8 Å². The third-order valence-corrected chi connectivity index (χ3v) is 3.77. The normalized spacial score (nSPS) is 12.3. The van der Waals surface area contributed by atoms with Crippen LogP contribution in [0.1, 0.15) is 22.5 Å². The summed E-state index contributed by atoms with van der Waals surface area (Å²) < 4.78 is 1.75. The van der Waals surface area contributed by atoms with Gasteiger partial charge in [0.05, 0.1) is 0 Å². The Morgan fingerprint density at radius 3 is 2.90 bits per heavy atom. The maximum Gasteiger partial charge on any atom is 0.326 e. The minimum absolute atomic E-state index is 0.222. The lowest BCUT2D eigenvalue weighted by atomic mass is 10.2. The Balaban J connectivity index is 2.17. The number of carboxylic acid groups (broad SMARTS) is 1. The molecule has 7 heteroatoms. The lowest BCUT2D eigenvalue weighted by Gasteiger charge is -2.12. The minimum Gasteiger partial charge on any atom is -0.480 e.